The van der Waals surface area contributed by atoms with Gasteiger partial charge < -0.3 is 5.73 Å². The van der Waals surface area contributed by atoms with Crippen LogP contribution in [-0.2, 0) is 13.5 Å². The molecule has 1 aliphatic rings. The SMILES string of the molecule is Cn1nc(CC2CCC2)nc1N. The zero-order valence-electron chi connectivity index (χ0n) is 7.32. The molecular formula is C8H14N4. The smallest absolute Gasteiger partial charge is 0.218 e. The predicted molar refractivity (Wildman–Crippen MR) is 46.5 cm³/mol. The molecule has 2 N–H and O–H groups in total. The van der Waals surface area contributed by atoms with Gasteiger partial charge in [0.1, 0.15) is 0 Å². The summed E-state index contributed by atoms with van der Waals surface area (Å²) in [6.45, 7) is 0. The monoisotopic (exact) mass is 166 g/mol. The van der Waals surface area contributed by atoms with Crippen LogP contribution in [0.1, 0.15) is 25.1 Å². The largest absolute Gasteiger partial charge is 0.368 e. The van der Waals surface area contributed by atoms with Crippen LogP contribution >= 0.6 is 0 Å². The van der Waals surface area contributed by atoms with Crippen LogP contribution in [0.3, 0.4) is 0 Å². The van der Waals surface area contributed by atoms with E-state index in [1.807, 2.05) is 7.05 Å². The van der Waals surface area contributed by atoms with Crippen LogP contribution in [0.5, 0.6) is 0 Å². The summed E-state index contributed by atoms with van der Waals surface area (Å²) in [5.74, 6) is 2.23. The molecule has 0 amide bonds. The van der Waals surface area contributed by atoms with Gasteiger partial charge in [-0.3, -0.25) is 0 Å². The number of anilines is 1. The highest BCUT2D eigenvalue weighted by molar-refractivity contribution is 5.15. The van der Waals surface area contributed by atoms with E-state index in [0.29, 0.717) is 5.95 Å². The number of hydrogen-bond acceptors (Lipinski definition) is 3. The van der Waals surface area contributed by atoms with Gasteiger partial charge in [0, 0.05) is 13.5 Å². The first-order valence-electron chi connectivity index (χ1n) is 4.41. The molecule has 12 heavy (non-hydrogen) atoms. The summed E-state index contributed by atoms with van der Waals surface area (Å²) in [5, 5.41) is 4.21. The van der Waals surface area contributed by atoms with Gasteiger partial charge in [0.2, 0.25) is 5.95 Å². The van der Waals surface area contributed by atoms with Crippen LogP contribution in [0.25, 0.3) is 0 Å². The van der Waals surface area contributed by atoms with Crippen LogP contribution in [-0.4, -0.2) is 14.8 Å². The van der Waals surface area contributed by atoms with Crippen molar-refractivity contribution < 1.29 is 0 Å². The number of nitrogen functional groups attached to an aromatic ring is 1. The maximum absolute atomic E-state index is 5.57. The summed E-state index contributed by atoms with van der Waals surface area (Å²) < 4.78 is 1.63. The molecule has 0 atom stereocenters. The van der Waals surface area contributed by atoms with E-state index in [9.17, 15) is 0 Å². The molecule has 0 spiro atoms. The number of rotatable bonds is 2. The fourth-order valence-electron chi connectivity index (χ4n) is 1.49. The molecule has 0 aliphatic heterocycles. The average Bonchev–Trinajstić information content (AvgIpc) is 2.24. The molecule has 2 rings (SSSR count). The molecule has 1 fully saturated rings. The van der Waals surface area contributed by atoms with Crippen molar-refractivity contribution in [3.05, 3.63) is 5.82 Å². The van der Waals surface area contributed by atoms with Crippen LogP contribution < -0.4 is 5.73 Å². The van der Waals surface area contributed by atoms with Crippen molar-refractivity contribution in [1.82, 2.24) is 14.8 Å². The number of nitrogens with two attached hydrogens (primary N) is 1. The molecule has 0 radical (unpaired) electrons. The van der Waals surface area contributed by atoms with Gasteiger partial charge in [0.15, 0.2) is 5.82 Å². The van der Waals surface area contributed by atoms with Gasteiger partial charge in [-0.1, -0.05) is 19.3 Å². The normalized spacial score (nSPS) is 17.8. The highest BCUT2D eigenvalue weighted by Crippen LogP contribution is 2.28. The van der Waals surface area contributed by atoms with Crippen molar-refractivity contribution in [3.63, 3.8) is 0 Å². The summed E-state index contributed by atoms with van der Waals surface area (Å²) in [6, 6.07) is 0. The van der Waals surface area contributed by atoms with Crippen molar-refractivity contribution in [2.45, 2.75) is 25.7 Å². The first-order valence-corrected chi connectivity index (χ1v) is 4.41. The summed E-state index contributed by atoms with van der Waals surface area (Å²) in [6.07, 6.45) is 5.04. The molecule has 1 aliphatic carbocycles. The zero-order valence-corrected chi connectivity index (χ0v) is 7.32. The second-order valence-corrected chi connectivity index (χ2v) is 3.51. The minimum atomic E-state index is 0.518. The van der Waals surface area contributed by atoms with Crippen molar-refractivity contribution in [1.29, 1.82) is 0 Å². The first kappa shape index (κ1) is 7.58. The van der Waals surface area contributed by atoms with E-state index in [2.05, 4.69) is 10.1 Å². The lowest BCUT2D eigenvalue weighted by Gasteiger charge is -2.23. The highest BCUT2D eigenvalue weighted by atomic mass is 15.4. The van der Waals surface area contributed by atoms with E-state index >= 15 is 0 Å². The first-order chi connectivity index (χ1) is 5.75. The second-order valence-electron chi connectivity index (χ2n) is 3.51. The Labute approximate surface area is 71.8 Å². The van der Waals surface area contributed by atoms with Gasteiger partial charge in [0.05, 0.1) is 0 Å². The third-order valence-electron chi connectivity index (χ3n) is 2.54. The third-order valence-corrected chi connectivity index (χ3v) is 2.54. The average molecular weight is 166 g/mol. The molecule has 0 unspecified atom stereocenters. The molecule has 66 valence electrons. The zero-order chi connectivity index (χ0) is 8.55. The minimum absolute atomic E-state index is 0.518. The Bertz CT molecular complexity index is 255. The Hall–Kier alpha value is -1.06. The summed E-state index contributed by atoms with van der Waals surface area (Å²) >= 11 is 0. The van der Waals surface area contributed by atoms with Gasteiger partial charge in [-0.15, -0.1) is 0 Å². The lowest BCUT2D eigenvalue weighted by molar-refractivity contribution is 0.309. The van der Waals surface area contributed by atoms with E-state index in [0.717, 1.165) is 18.2 Å². The van der Waals surface area contributed by atoms with Gasteiger partial charge in [-0.05, 0) is 5.92 Å². The Morgan fingerprint density at radius 1 is 1.58 bits per heavy atom. The Kier molecular flexibility index (Phi) is 1.75. The van der Waals surface area contributed by atoms with Crippen molar-refractivity contribution in [3.8, 4) is 0 Å². The third kappa shape index (κ3) is 1.29. The van der Waals surface area contributed by atoms with Crippen LogP contribution in [0, 0.1) is 5.92 Å². The number of aromatic nitrogens is 3. The minimum Gasteiger partial charge on any atom is -0.368 e. The lowest BCUT2D eigenvalue weighted by atomic mass is 9.83. The highest BCUT2D eigenvalue weighted by Gasteiger charge is 2.19. The molecule has 4 nitrogen and oxygen atoms in total. The Morgan fingerprint density at radius 3 is 2.75 bits per heavy atom. The van der Waals surface area contributed by atoms with Crippen molar-refractivity contribution >= 4 is 5.95 Å². The molecule has 0 saturated heterocycles. The van der Waals surface area contributed by atoms with E-state index in [1.165, 1.54) is 19.3 Å². The maximum atomic E-state index is 5.57. The van der Waals surface area contributed by atoms with E-state index in [-0.39, 0.29) is 0 Å². The summed E-state index contributed by atoms with van der Waals surface area (Å²) in [5.41, 5.74) is 5.57. The van der Waals surface area contributed by atoms with E-state index in [1.54, 1.807) is 4.68 Å². The molecule has 0 bridgehead atoms. The van der Waals surface area contributed by atoms with Crippen molar-refractivity contribution in [2.24, 2.45) is 13.0 Å². The number of nitrogens with zero attached hydrogens (tertiary/aromatic N) is 3. The molecule has 1 aromatic heterocycles. The van der Waals surface area contributed by atoms with Gasteiger partial charge >= 0.3 is 0 Å². The molecular weight excluding hydrogens is 152 g/mol. The fraction of sp³-hybridized carbons (Fsp3) is 0.750. The predicted octanol–water partition coefficient (Wildman–Crippen LogP) is 0.740. The van der Waals surface area contributed by atoms with Crippen molar-refractivity contribution in [2.75, 3.05) is 5.73 Å². The second kappa shape index (κ2) is 2.77. The number of aryl methyl sites for hydroxylation is 1. The molecule has 0 aromatic carbocycles. The molecule has 1 heterocycles. The molecule has 1 aromatic rings. The van der Waals surface area contributed by atoms with Gasteiger partial charge in [0.25, 0.3) is 0 Å². The molecule has 4 heteroatoms. The lowest BCUT2D eigenvalue weighted by Crippen LogP contribution is -2.14. The van der Waals surface area contributed by atoms with Crippen LogP contribution in [0.2, 0.25) is 0 Å². The Morgan fingerprint density at radius 2 is 2.33 bits per heavy atom. The maximum Gasteiger partial charge on any atom is 0.218 e. The van der Waals surface area contributed by atoms with Crippen LogP contribution in [0.4, 0.5) is 5.95 Å². The van der Waals surface area contributed by atoms with Gasteiger partial charge in [-0.25, -0.2) is 4.68 Å². The standard InChI is InChI=1S/C8H14N4/c1-12-8(9)10-7(11-12)5-6-3-2-4-6/h6H,2-5H2,1H3,(H2,9,10,11). The Balaban J connectivity index is 2.02. The quantitative estimate of drug-likeness (QED) is 0.705. The van der Waals surface area contributed by atoms with Crippen LogP contribution in [0.15, 0.2) is 0 Å². The fourth-order valence-corrected chi connectivity index (χ4v) is 1.49. The van der Waals surface area contributed by atoms with E-state index in [4.69, 9.17) is 5.73 Å². The summed E-state index contributed by atoms with van der Waals surface area (Å²) in [7, 11) is 1.83. The number of hydrogen-bond donors (Lipinski definition) is 1. The van der Waals surface area contributed by atoms with E-state index < -0.39 is 0 Å². The summed E-state index contributed by atoms with van der Waals surface area (Å²) in [4.78, 5) is 4.16. The topological polar surface area (TPSA) is 56.7 Å². The van der Waals surface area contributed by atoms with Gasteiger partial charge in [-0.2, -0.15) is 10.1 Å². The molecule has 1 saturated carbocycles.